The second kappa shape index (κ2) is 11.2. The van der Waals surface area contributed by atoms with Crippen molar-refractivity contribution >= 4 is 11.7 Å². The number of fused-ring (bicyclic) bond motifs is 3. The van der Waals surface area contributed by atoms with E-state index in [1.165, 1.54) is 11.0 Å². The number of likely N-dealkylation sites (N-methyl/N-ethyl adjacent to an activating group) is 1. The summed E-state index contributed by atoms with van der Waals surface area (Å²) in [5, 5.41) is 9.46. The van der Waals surface area contributed by atoms with Crippen LogP contribution in [-0.2, 0) is 29.5 Å². The van der Waals surface area contributed by atoms with Gasteiger partial charge in [0.15, 0.2) is 5.83 Å². The van der Waals surface area contributed by atoms with Crippen LogP contribution in [0.25, 0.3) is 0 Å². The molecule has 2 aliphatic heterocycles. The first-order chi connectivity index (χ1) is 20.2. The maximum absolute atomic E-state index is 15.2. The predicted octanol–water partition coefficient (Wildman–Crippen LogP) is 4.01. The molecule has 4 aliphatic rings. The molecular weight excluding hydrogens is 545 g/mol. The number of halogens is 3. The van der Waals surface area contributed by atoms with Gasteiger partial charge in [0, 0.05) is 49.1 Å². The maximum Gasteiger partial charge on any atom is 0.318 e. The van der Waals surface area contributed by atoms with Gasteiger partial charge in [-0.3, -0.25) is 4.79 Å². The molecule has 8 nitrogen and oxygen atoms in total. The van der Waals surface area contributed by atoms with E-state index in [-0.39, 0.29) is 25.0 Å². The third-order valence-electron chi connectivity index (χ3n) is 9.63. The van der Waals surface area contributed by atoms with Crippen LogP contribution in [0.15, 0.2) is 24.5 Å². The fourth-order valence-corrected chi connectivity index (χ4v) is 7.45. The minimum Gasteiger partial charge on any atom is -0.462 e. The largest absolute Gasteiger partial charge is 0.462 e. The van der Waals surface area contributed by atoms with Gasteiger partial charge >= 0.3 is 6.01 Å². The zero-order chi connectivity index (χ0) is 29.6. The van der Waals surface area contributed by atoms with Crippen LogP contribution < -0.4 is 9.64 Å². The number of ether oxygens (including phenoxy) is 1. The Labute approximate surface area is 243 Å². The summed E-state index contributed by atoms with van der Waals surface area (Å²) in [4.78, 5) is 27.8. The van der Waals surface area contributed by atoms with Crippen molar-refractivity contribution in [2.75, 3.05) is 44.7 Å². The Bertz CT molecular complexity index is 1460. The molecular formula is C31H35F3N6O2. The Hall–Kier alpha value is -3.65. The Balaban J connectivity index is 1.35. The van der Waals surface area contributed by atoms with Crippen LogP contribution in [-0.4, -0.2) is 77.6 Å². The summed E-state index contributed by atoms with van der Waals surface area (Å²) < 4.78 is 49.2. The number of hydrogen-bond donors (Lipinski definition) is 0. The normalized spacial score (nSPS) is 25.3. The fourth-order valence-electron chi connectivity index (χ4n) is 7.45. The summed E-state index contributed by atoms with van der Waals surface area (Å²) in [5.74, 6) is -2.23. The van der Waals surface area contributed by atoms with E-state index in [1.54, 1.807) is 0 Å². The molecule has 2 aromatic rings. The molecule has 2 fully saturated rings. The highest BCUT2D eigenvalue weighted by atomic mass is 19.1. The van der Waals surface area contributed by atoms with Crippen molar-refractivity contribution in [3.05, 3.63) is 58.6 Å². The summed E-state index contributed by atoms with van der Waals surface area (Å²) in [6, 6.07) is 4.50. The summed E-state index contributed by atoms with van der Waals surface area (Å²) in [5.41, 5.74) is 2.56. The lowest BCUT2D eigenvalue weighted by molar-refractivity contribution is -0.131. The molecule has 1 aromatic carbocycles. The lowest BCUT2D eigenvalue weighted by atomic mass is 9.69. The molecule has 1 aromatic heterocycles. The molecule has 0 bridgehead atoms. The third kappa shape index (κ3) is 5.10. The van der Waals surface area contributed by atoms with E-state index in [0.717, 1.165) is 42.3 Å². The topological polar surface area (TPSA) is 85.6 Å². The summed E-state index contributed by atoms with van der Waals surface area (Å²) in [6.07, 6.45) is 5.23. The predicted molar refractivity (Wildman–Crippen MR) is 150 cm³/mol. The van der Waals surface area contributed by atoms with Crippen molar-refractivity contribution in [2.24, 2.45) is 0 Å². The number of benzene rings is 1. The van der Waals surface area contributed by atoms with Crippen LogP contribution in [0.3, 0.4) is 0 Å². The Morgan fingerprint density at radius 1 is 1.19 bits per heavy atom. The molecule has 0 saturated carbocycles. The van der Waals surface area contributed by atoms with Gasteiger partial charge in [0.25, 0.3) is 5.91 Å². The number of hydrogen-bond acceptors (Lipinski definition) is 7. The molecule has 3 heterocycles. The van der Waals surface area contributed by atoms with Crippen molar-refractivity contribution in [3.63, 3.8) is 0 Å². The van der Waals surface area contributed by atoms with Gasteiger partial charge in [0.05, 0.1) is 24.2 Å². The molecule has 0 radical (unpaired) electrons. The van der Waals surface area contributed by atoms with Crippen molar-refractivity contribution in [3.8, 4) is 12.1 Å². The van der Waals surface area contributed by atoms with Crippen molar-refractivity contribution in [2.45, 2.75) is 68.9 Å². The molecule has 1 amide bonds. The molecule has 0 N–H and O–H groups in total. The smallest absolute Gasteiger partial charge is 0.318 e. The number of carbonyl (C=O) groups excluding carboxylic acids is 1. The van der Waals surface area contributed by atoms with E-state index < -0.39 is 34.8 Å². The highest BCUT2D eigenvalue weighted by Crippen LogP contribution is 2.50. The summed E-state index contributed by atoms with van der Waals surface area (Å²) in [6.45, 7) is 5.49. The van der Waals surface area contributed by atoms with Gasteiger partial charge < -0.3 is 19.4 Å². The molecule has 3 unspecified atom stereocenters. The maximum atomic E-state index is 15.2. The standard InChI is InChI=1S/C31H35F3N6O2/c1-19(32)29(41)40-13-12-39(17-22(40)7-10-35)28-24-6-9-31(8-5-20-14-21(33)15-25(34)27(20)31)16-26(24)36-30(37-28)42-18-23-4-3-11-38(23)2/h14-15,22-23H,1,3-9,11-13,16-18H2,2H3. The van der Waals surface area contributed by atoms with Crippen LogP contribution in [0, 0.1) is 23.0 Å². The van der Waals surface area contributed by atoms with E-state index in [9.17, 15) is 18.8 Å². The number of piperazine rings is 1. The first-order valence-electron chi connectivity index (χ1n) is 14.7. The van der Waals surface area contributed by atoms with Gasteiger partial charge in [-0.2, -0.15) is 15.2 Å². The number of aryl methyl sites for hydroxylation is 1. The van der Waals surface area contributed by atoms with Crippen LogP contribution in [0.1, 0.15) is 54.5 Å². The van der Waals surface area contributed by atoms with Gasteiger partial charge in [0.2, 0.25) is 0 Å². The van der Waals surface area contributed by atoms with Gasteiger partial charge in [-0.05, 0) is 69.3 Å². The number of likely N-dealkylation sites (tertiary alicyclic amines) is 1. The minimum atomic E-state index is -1.05. The van der Waals surface area contributed by atoms with Gasteiger partial charge in [-0.15, -0.1) is 0 Å². The first kappa shape index (κ1) is 28.5. The van der Waals surface area contributed by atoms with E-state index in [4.69, 9.17) is 14.7 Å². The number of rotatable bonds is 6. The van der Waals surface area contributed by atoms with E-state index >= 15 is 4.39 Å². The van der Waals surface area contributed by atoms with E-state index in [2.05, 4.69) is 24.6 Å². The SMILES string of the molecule is C=C(F)C(=O)N1CCN(c2nc(OCC3CCCN3C)nc3c2CCC2(CCc4cc(F)cc(F)c42)C3)CC1CC#N. The number of carbonyl (C=O) groups is 1. The zero-order valence-electron chi connectivity index (χ0n) is 23.8. The van der Waals surface area contributed by atoms with Crippen molar-refractivity contribution < 1.29 is 22.7 Å². The minimum absolute atomic E-state index is 0.0376. The number of nitriles is 1. The van der Waals surface area contributed by atoms with Gasteiger partial charge in [-0.25, -0.2) is 13.2 Å². The van der Waals surface area contributed by atoms with Gasteiger partial charge in [0.1, 0.15) is 24.1 Å². The first-order valence-corrected chi connectivity index (χ1v) is 14.7. The summed E-state index contributed by atoms with van der Waals surface area (Å²) in [7, 11) is 2.07. The summed E-state index contributed by atoms with van der Waals surface area (Å²) >= 11 is 0. The average molecular weight is 581 g/mol. The van der Waals surface area contributed by atoms with Crippen LogP contribution in [0.4, 0.5) is 19.0 Å². The second-order valence-corrected chi connectivity index (χ2v) is 12.1. The molecule has 11 heteroatoms. The highest BCUT2D eigenvalue weighted by Gasteiger charge is 2.45. The molecule has 1 spiro atoms. The Morgan fingerprint density at radius 2 is 2.00 bits per heavy atom. The van der Waals surface area contributed by atoms with E-state index in [0.29, 0.717) is 63.2 Å². The lowest BCUT2D eigenvalue weighted by Crippen LogP contribution is -2.55. The molecule has 2 aliphatic carbocycles. The molecule has 222 valence electrons. The zero-order valence-corrected chi connectivity index (χ0v) is 23.8. The number of nitrogens with zero attached hydrogens (tertiary/aromatic N) is 6. The van der Waals surface area contributed by atoms with Crippen LogP contribution in [0.2, 0.25) is 0 Å². The van der Waals surface area contributed by atoms with E-state index in [1.807, 2.05) is 4.90 Å². The molecule has 2 saturated heterocycles. The van der Waals surface area contributed by atoms with Crippen LogP contribution in [0.5, 0.6) is 6.01 Å². The monoisotopic (exact) mass is 580 g/mol. The van der Waals surface area contributed by atoms with Crippen molar-refractivity contribution in [1.29, 1.82) is 5.26 Å². The average Bonchev–Trinajstić information content (AvgIpc) is 3.53. The van der Waals surface area contributed by atoms with Crippen LogP contribution >= 0.6 is 0 Å². The number of anilines is 1. The quantitative estimate of drug-likeness (QED) is 0.478. The molecule has 42 heavy (non-hydrogen) atoms. The Kier molecular flexibility index (Phi) is 7.60. The second-order valence-electron chi connectivity index (χ2n) is 12.1. The highest BCUT2D eigenvalue weighted by molar-refractivity contribution is 5.91. The molecule has 6 rings (SSSR count). The van der Waals surface area contributed by atoms with Gasteiger partial charge in [-0.1, -0.05) is 6.58 Å². The van der Waals surface area contributed by atoms with Crippen molar-refractivity contribution in [1.82, 2.24) is 19.8 Å². The number of aromatic nitrogens is 2. The number of amides is 1. The third-order valence-corrected chi connectivity index (χ3v) is 9.63. The molecule has 3 atom stereocenters. The lowest BCUT2D eigenvalue weighted by Gasteiger charge is -2.42. The Morgan fingerprint density at radius 3 is 2.74 bits per heavy atom. The fraction of sp³-hybridized carbons (Fsp3) is 0.548.